The molecule has 0 aromatic heterocycles. The van der Waals surface area contributed by atoms with Crippen molar-refractivity contribution in [3.05, 3.63) is 18.2 Å². The fourth-order valence-electron chi connectivity index (χ4n) is 1.67. The smallest absolute Gasteiger partial charge is 0.321 e. The van der Waals surface area contributed by atoms with Crippen LogP contribution in [0.3, 0.4) is 0 Å². The molecule has 0 aliphatic carbocycles. The van der Waals surface area contributed by atoms with Crippen molar-refractivity contribution in [2.75, 3.05) is 32.6 Å². The maximum atomic E-state index is 11.6. The summed E-state index contributed by atoms with van der Waals surface area (Å²) in [5, 5.41) is 4.21. The molecule has 1 aliphatic heterocycles. The molecule has 23 heavy (non-hydrogen) atoms. The molecule has 9 heteroatoms. The molecule has 1 aliphatic rings. The Balaban J connectivity index is 1.74. The summed E-state index contributed by atoms with van der Waals surface area (Å²) in [6.45, 7) is 0.501. The van der Waals surface area contributed by atoms with Crippen molar-refractivity contribution in [3.63, 3.8) is 0 Å². The Hall–Kier alpha value is -2.42. The van der Waals surface area contributed by atoms with Crippen molar-refractivity contribution in [2.24, 2.45) is 0 Å². The number of hydrogen-bond donors (Lipinski definition) is 2. The number of urea groups is 1. The third-order valence-electron chi connectivity index (χ3n) is 2.71. The van der Waals surface area contributed by atoms with Gasteiger partial charge in [-0.15, -0.1) is 11.8 Å². The first-order valence-corrected chi connectivity index (χ1v) is 7.76. The molecule has 124 valence electrons. The average Bonchev–Trinajstić information content (AvgIpc) is 2.57. The minimum Gasteiger partial charge on any atom is -0.486 e. The van der Waals surface area contributed by atoms with Crippen molar-refractivity contribution >= 4 is 29.7 Å². The number of rotatable bonds is 5. The molecule has 2 rings (SSSR count). The normalized spacial score (nSPS) is 12.2. The first-order chi connectivity index (χ1) is 11.1. The van der Waals surface area contributed by atoms with Gasteiger partial charge in [0.25, 0.3) is 5.91 Å². The summed E-state index contributed by atoms with van der Waals surface area (Å²) >= 11 is 1.25. The van der Waals surface area contributed by atoms with Crippen molar-refractivity contribution in [1.29, 1.82) is 0 Å². The van der Waals surface area contributed by atoms with E-state index in [0.717, 1.165) is 4.90 Å². The van der Waals surface area contributed by atoms with Gasteiger partial charge in [0.15, 0.2) is 18.1 Å². The highest BCUT2D eigenvalue weighted by Crippen LogP contribution is 2.34. The standard InChI is InChI=1S/C14H16N2O6S/c1-15-14(19)16-12(17)7-22-13(18)8-23-9-2-3-10-11(6-9)21-5-4-20-10/h2-3,6H,4-5,7-8H2,1H3,(H2,15,16,17,19). The molecular formula is C14H16N2O6S. The molecular weight excluding hydrogens is 324 g/mol. The number of carbonyl (C=O) groups excluding carboxylic acids is 3. The van der Waals surface area contributed by atoms with Crippen LogP contribution in [0, 0.1) is 0 Å². The topological polar surface area (TPSA) is 103 Å². The van der Waals surface area contributed by atoms with Crippen LogP contribution in [-0.2, 0) is 14.3 Å². The Morgan fingerprint density at radius 3 is 2.70 bits per heavy atom. The first kappa shape index (κ1) is 16.9. The zero-order valence-corrected chi connectivity index (χ0v) is 13.2. The van der Waals surface area contributed by atoms with Gasteiger partial charge in [-0.05, 0) is 18.2 Å². The highest BCUT2D eigenvalue weighted by Gasteiger charge is 2.14. The third kappa shape index (κ3) is 5.37. The Morgan fingerprint density at radius 2 is 1.96 bits per heavy atom. The van der Waals surface area contributed by atoms with E-state index < -0.39 is 24.5 Å². The lowest BCUT2D eigenvalue weighted by Gasteiger charge is -2.18. The summed E-state index contributed by atoms with van der Waals surface area (Å²) in [7, 11) is 1.37. The number of ether oxygens (including phenoxy) is 3. The van der Waals surface area contributed by atoms with E-state index in [9.17, 15) is 14.4 Å². The van der Waals surface area contributed by atoms with Crippen molar-refractivity contribution < 1.29 is 28.6 Å². The second-order valence-electron chi connectivity index (χ2n) is 4.38. The van der Waals surface area contributed by atoms with Crippen LogP contribution in [0.4, 0.5) is 4.79 Å². The van der Waals surface area contributed by atoms with E-state index in [2.05, 4.69) is 5.32 Å². The van der Waals surface area contributed by atoms with Gasteiger partial charge >= 0.3 is 12.0 Å². The van der Waals surface area contributed by atoms with Crippen LogP contribution in [0.1, 0.15) is 0 Å². The maximum Gasteiger partial charge on any atom is 0.321 e. The van der Waals surface area contributed by atoms with Gasteiger partial charge in [-0.1, -0.05) is 0 Å². The summed E-state index contributed by atoms with van der Waals surface area (Å²) in [4.78, 5) is 34.6. The van der Waals surface area contributed by atoms with Gasteiger partial charge in [0.2, 0.25) is 0 Å². The van der Waals surface area contributed by atoms with Gasteiger partial charge in [0, 0.05) is 11.9 Å². The molecule has 1 aromatic rings. The van der Waals surface area contributed by atoms with Gasteiger partial charge in [0.1, 0.15) is 13.2 Å². The predicted molar refractivity (Wildman–Crippen MR) is 81.7 cm³/mol. The maximum absolute atomic E-state index is 11.6. The van der Waals surface area contributed by atoms with Gasteiger partial charge in [-0.3, -0.25) is 14.9 Å². The number of thioether (sulfide) groups is 1. The summed E-state index contributed by atoms with van der Waals surface area (Å²) < 4.78 is 15.6. The van der Waals surface area contributed by atoms with Gasteiger partial charge in [-0.2, -0.15) is 0 Å². The van der Waals surface area contributed by atoms with Crippen LogP contribution >= 0.6 is 11.8 Å². The summed E-state index contributed by atoms with van der Waals surface area (Å²) in [6, 6.07) is 4.71. The zero-order chi connectivity index (χ0) is 16.7. The monoisotopic (exact) mass is 340 g/mol. The SMILES string of the molecule is CNC(=O)NC(=O)COC(=O)CSc1ccc2c(c1)OCCO2. The number of amides is 3. The second kappa shape index (κ2) is 8.28. The van der Waals surface area contributed by atoms with Gasteiger partial charge in [0.05, 0.1) is 5.75 Å². The van der Waals surface area contributed by atoms with Gasteiger partial charge < -0.3 is 19.5 Å². The molecule has 1 aromatic carbocycles. The molecule has 0 radical (unpaired) electrons. The average molecular weight is 340 g/mol. The minimum atomic E-state index is -0.693. The van der Waals surface area contributed by atoms with Crippen molar-refractivity contribution in [3.8, 4) is 11.5 Å². The molecule has 0 spiro atoms. The fourth-order valence-corrected chi connectivity index (χ4v) is 2.39. The number of fused-ring (bicyclic) bond motifs is 1. The number of imide groups is 1. The van der Waals surface area contributed by atoms with Crippen LogP contribution < -0.4 is 20.1 Å². The van der Waals surface area contributed by atoms with E-state index in [0.29, 0.717) is 24.7 Å². The molecule has 1 heterocycles. The van der Waals surface area contributed by atoms with Crippen LogP contribution in [0.25, 0.3) is 0 Å². The molecule has 0 atom stereocenters. The van der Waals surface area contributed by atoms with Crippen LogP contribution in [0.15, 0.2) is 23.1 Å². The Kier molecular flexibility index (Phi) is 6.10. The van der Waals surface area contributed by atoms with Crippen LogP contribution in [0.5, 0.6) is 11.5 Å². The van der Waals surface area contributed by atoms with E-state index in [4.69, 9.17) is 14.2 Å². The second-order valence-corrected chi connectivity index (χ2v) is 5.43. The number of esters is 1. The Bertz CT molecular complexity index is 607. The highest BCUT2D eigenvalue weighted by atomic mass is 32.2. The van der Waals surface area contributed by atoms with E-state index >= 15 is 0 Å². The van der Waals surface area contributed by atoms with Crippen LogP contribution in [-0.4, -0.2) is 50.5 Å². The van der Waals surface area contributed by atoms with Crippen LogP contribution in [0.2, 0.25) is 0 Å². The van der Waals surface area contributed by atoms with E-state index in [1.165, 1.54) is 18.8 Å². The molecule has 0 bridgehead atoms. The summed E-state index contributed by atoms with van der Waals surface area (Å²) in [6.07, 6.45) is 0. The molecule has 0 unspecified atom stereocenters. The predicted octanol–water partition coefficient (Wildman–Crippen LogP) is 0.549. The van der Waals surface area contributed by atoms with E-state index in [-0.39, 0.29) is 5.75 Å². The number of carbonyl (C=O) groups is 3. The number of nitrogens with one attached hydrogen (secondary N) is 2. The molecule has 8 nitrogen and oxygen atoms in total. The minimum absolute atomic E-state index is 0.0346. The lowest BCUT2D eigenvalue weighted by Crippen LogP contribution is -2.39. The fraction of sp³-hybridized carbons (Fsp3) is 0.357. The zero-order valence-electron chi connectivity index (χ0n) is 12.4. The highest BCUT2D eigenvalue weighted by molar-refractivity contribution is 8.00. The molecule has 3 amide bonds. The summed E-state index contributed by atoms with van der Waals surface area (Å²) in [5.41, 5.74) is 0. The molecule has 0 saturated heterocycles. The van der Waals surface area contributed by atoms with E-state index in [1.54, 1.807) is 12.1 Å². The Morgan fingerprint density at radius 1 is 1.22 bits per heavy atom. The number of benzene rings is 1. The molecule has 2 N–H and O–H groups in total. The lowest BCUT2D eigenvalue weighted by molar-refractivity contribution is -0.145. The molecule has 0 saturated carbocycles. The van der Waals surface area contributed by atoms with Crippen molar-refractivity contribution in [2.45, 2.75) is 4.90 Å². The third-order valence-corrected chi connectivity index (χ3v) is 3.68. The lowest BCUT2D eigenvalue weighted by atomic mass is 10.3. The number of hydrogen-bond acceptors (Lipinski definition) is 7. The van der Waals surface area contributed by atoms with E-state index in [1.807, 2.05) is 11.4 Å². The molecule has 0 fully saturated rings. The Labute approximate surface area is 136 Å². The first-order valence-electron chi connectivity index (χ1n) is 6.78. The van der Waals surface area contributed by atoms with Gasteiger partial charge in [-0.25, -0.2) is 4.79 Å². The largest absolute Gasteiger partial charge is 0.486 e. The van der Waals surface area contributed by atoms with Crippen molar-refractivity contribution in [1.82, 2.24) is 10.6 Å². The quantitative estimate of drug-likeness (QED) is 0.596. The summed E-state index contributed by atoms with van der Waals surface area (Å²) in [5.74, 6) is 0.0972.